The molecule has 6 heteroatoms. The second kappa shape index (κ2) is 7.36. The average Bonchev–Trinajstić information content (AvgIpc) is 3.11. The number of piperidine rings is 1. The summed E-state index contributed by atoms with van der Waals surface area (Å²) in [4.78, 5) is 14.3. The molecular weight excluding hydrogens is 358 g/mol. The molecule has 2 aromatic heterocycles. The van der Waals surface area contributed by atoms with E-state index in [-0.39, 0.29) is 17.1 Å². The highest BCUT2D eigenvalue weighted by Gasteiger charge is 2.20. The van der Waals surface area contributed by atoms with Gasteiger partial charge < -0.3 is 23.6 Å². The predicted molar refractivity (Wildman–Crippen MR) is 107 cm³/mol. The number of hydrogen-bond acceptors (Lipinski definition) is 6. The minimum absolute atomic E-state index is 0.0627. The molecule has 1 aliphatic rings. The Morgan fingerprint density at radius 2 is 2.00 bits per heavy atom. The summed E-state index contributed by atoms with van der Waals surface area (Å²) in [5.74, 6) is 1.34. The van der Waals surface area contributed by atoms with Gasteiger partial charge in [-0.05, 0) is 58.5 Å². The maximum atomic E-state index is 11.9. The van der Waals surface area contributed by atoms with Crippen molar-refractivity contribution in [1.82, 2.24) is 4.90 Å². The molecule has 4 rings (SSSR count). The number of likely N-dealkylation sites (tertiary alicyclic amines) is 1. The van der Waals surface area contributed by atoms with Crippen molar-refractivity contribution in [1.29, 1.82) is 0 Å². The van der Waals surface area contributed by atoms with Gasteiger partial charge in [-0.15, -0.1) is 0 Å². The molecule has 0 amide bonds. The van der Waals surface area contributed by atoms with Gasteiger partial charge in [0, 0.05) is 23.1 Å². The lowest BCUT2D eigenvalue weighted by molar-refractivity contribution is 0.125. The van der Waals surface area contributed by atoms with E-state index >= 15 is 0 Å². The Kier molecular flexibility index (Phi) is 4.89. The zero-order valence-corrected chi connectivity index (χ0v) is 16.4. The normalized spacial score (nSPS) is 17.9. The van der Waals surface area contributed by atoms with E-state index in [2.05, 4.69) is 11.9 Å². The maximum Gasteiger partial charge on any atom is 0.343 e. The van der Waals surface area contributed by atoms with Crippen molar-refractivity contribution in [3.63, 3.8) is 0 Å². The zero-order chi connectivity index (χ0) is 19.8. The second-order valence-electron chi connectivity index (χ2n) is 7.57. The second-order valence-corrected chi connectivity index (χ2v) is 7.57. The molecule has 0 aliphatic carbocycles. The van der Waals surface area contributed by atoms with Gasteiger partial charge in [-0.3, -0.25) is 0 Å². The van der Waals surface area contributed by atoms with E-state index in [0.29, 0.717) is 29.6 Å². The summed E-state index contributed by atoms with van der Waals surface area (Å²) in [6.07, 6.45) is 3.64. The van der Waals surface area contributed by atoms with Crippen LogP contribution < -0.4 is 10.4 Å². The summed E-state index contributed by atoms with van der Waals surface area (Å²) in [7, 11) is 2.14. The van der Waals surface area contributed by atoms with E-state index < -0.39 is 5.63 Å². The highest BCUT2D eigenvalue weighted by Crippen LogP contribution is 2.34. The smallest absolute Gasteiger partial charge is 0.343 e. The van der Waals surface area contributed by atoms with Gasteiger partial charge in [-0.1, -0.05) is 6.42 Å². The molecule has 1 N–H and O–H groups in total. The van der Waals surface area contributed by atoms with Gasteiger partial charge in [-0.25, -0.2) is 4.79 Å². The van der Waals surface area contributed by atoms with Crippen LogP contribution in [-0.4, -0.2) is 36.2 Å². The molecule has 1 saturated heterocycles. The van der Waals surface area contributed by atoms with Gasteiger partial charge in [-0.2, -0.15) is 0 Å². The van der Waals surface area contributed by atoms with Crippen LogP contribution in [0.2, 0.25) is 0 Å². The molecule has 1 fully saturated rings. The van der Waals surface area contributed by atoms with Gasteiger partial charge in [0.15, 0.2) is 11.5 Å². The molecule has 0 radical (unpaired) electrons. The van der Waals surface area contributed by atoms with E-state index in [1.54, 1.807) is 13.0 Å². The average molecular weight is 383 g/mol. The summed E-state index contributed by atoms with van der Waals surface area (Å²) in [6, 6.07) is 7.92. The molecule has 1 aliphatic heterocycles. The third-order valence-electron chi connectivity index (χ3n) is 5.63. The van der Waals surface area contributed by atoms with Crippen LogP contribution in [0, 0.1) is 13.8 Å². The van der Waals surface area contributed by atoms with Gasteiger partial charge in [0.2, 0.25) is 0 Å². The number of aromatic hydroxyl groups is 1. The first-order valence-electron chi connectivity index (χ1n) is 9.64. The number of hydrogen-bond donors (Lipinski definition) is 1. The molecule has 3 heterocycles. The topological polar surface area (TPSA) is 76.0 Å². The van der Waals surface area contributed by atoms with Crippen LogP contribution >= 0.6 is 0 Å². The monoisotopic (exact) mass is 383 g/mol. The minimum atomic E-state index is -0.570. The lowest BCUT2D eigenvalue weighted by atomic mass is 10.0. The molecule has 1 atom stereocenters. The first-order valence-corrected chi connectivity index (χ1v) is 9.64. The largest absolute Gasteiger partial charge is 0.507 e. The number of fused-ring (bicyclic) bond motifs is 1. The van der Waals surface area contributed by atoms with E-state index in [1.807, 2.05) is 18.2 Å². The predicted octanol–water partition coefficient (Wildman–Crippen LogP) is 4.24. The van der Waals surface area contributed by atoms with Crippen LogP contribution in [0.15, 0.2) is 37.9 Å². The fourth-order valence-electron chi connectivity index (χ4n) is 3.73. The zero-order valence-electron chi connectivity index (χ0n) is 16.4. The Labute approximate surface area is 163 Å². The molecule has 0 spiro atoms. The number of nitrogens with zero attached hydrogens (tertiary/aromatic N) is 1. The first kappa shape index (κ1) is 18.6. The first-order chi connectivity index (χ1) is 13.4. The van der Waals surface area contributed by atoms with Crippen molar-refractivity contribution in [2.24, 2.45) is 0 Å². The number of rotatable bonds is 4. The highest BCUT2D eigenvalue weighted by molar-refractivity contribution is 5.83. The lowest BCUT2D eigenvalue weighted by Gasteiger charge is -2.32. The fourth-order valence-corrected chi connectivity index (χ4v) is 3.73. The molecular formula is C22H25NO5. The van der Waals surface area contributed by atoms with Crippen molar-refractivity contribution in [2.45, 2.75) is 39.2 Å². The summed E-state index contributed by atoms with van der Waals surface area (Å²) >= 11 is 0. The van der Waals surface area contributed by atoms with Gasteiger partial charge in [0.1, 0.15) is 23.7 Å². The van der Waals surface area contributed by atoms with E-state index in [0.717, 1.165) is 24.1 Å². The standard InChI is InChI=1S/C22H25NO5/c1-13-20(24)14(2)22(25)28-21(13)19-10-15-7-8-17(11-18(15)27-19)26-12-16-6-4-5-9-23(16)3/h7-8,10-11,16,24H,4-6,9,12H2,1-3H3. The molecule has 1 unspecified atom stereocenters. The molecule has 28 heavy (non-hydrogen) atoms. The van der Waals surface area contributed by atoms with Crippen LogP contribution in [-0.2, 0) is 0 Å². The summed E-state index contributed by atoms with van der Waals surface area (Å²) in [6.45, 7) is 4.99. The van der Waals surface area contributed by atoms with Crippen molar-refractivity contribution in [2.75, 3.05) is 20.2 Å². The Morgan fingerprint density at radius 1 is 1.18 bits per heavy atom. The quantitative estimate of drug-likeness (QED) is 0.726. The number of ether oxygens (including phenoxy) is 1. The highest BCUT2D eigenvalue weighted by atomic mass is 16.5. The van der Waals surface area contributed by atoms with Crippen LogP contribution in [0.25, 0.3) is 22.5 Å². The third kappa shape index (κ3) is 3.40. The van der Waals surface area contributed by atoms with E-state index in [1.165, 1.54) is 19.8 Å². The molecule has 1 aromatic carbocycles. The molecule has 148 valence electrons. The van der Waals surface area contributed by atoms with E-state index in [4.69, 9.17) is 13.6 Å². The van der Waals surface area contributed by atoms with Crippen molar-refractivity contribution in [3.05, 3.63) is 45.8 Å². The van der Waals surface area contributed by atoms with Crippen LogP contribution in [0.5, 0.6) is 11.5 Å². The molecule has 0 saturated carbocycles. The maximum absolute atomic E-state index is 11.9. The Bertz CT molecular complexity index is 1060. The van der Waals surface area contributed by atoms with Gasteiger partial charge in [0.25, 0.3) is 0 Å². The number of furan rings is 1. The van der Waals surface area contributed by atoms with Crippen molar-refractivity contribution >= 4 is 11.0 Å². The number of likely N-dealkylation sites (N-methyl/N-ethyl adjacent to an activating group) is 1. The van der Waals surface area contributed by atoms with Gasteiger partial charge in [0.05, 0.1) is 5.56 Å². The lowest BCUT2D eigenvalue weighted by Crippen LogP contribution is -2.40. The fraction of sp³-hybridized carbons (Fsp3) is 0.409. The molecule has 3 aromatic rings. The minimum Gasteiger partial charge on any atom is -0.507 e. The summed E-state index contributed by atoms with van der Waals surface area (Å²) < 4.78 is 17.3. The van der Waals surface area contributed by atoms with Crippen molar-refractivity contribution in [3.8, 4) is 23.0 Å². The van der Waals surface area contributed by atoms with E-state index in [9.17, 15) is 9.90 Å². The van der Waals surface area contributed by atoms with Crippen LogP contribution in [0.3, 0.4) is 0 Å². The third-order valence-corrected chi connectivity index (χ3v) is 5.63. The SMILES string of the molecule is Cc1c(-c2cc3ccc(OCC4CCCCN4C)cc3o2)oc(=O)c(C)c1O. The summed E-state index contributed by atoms with van der Waals surface area (Å²) in [5.41, 5.74) is 0.750. The Balaban J connectivity index is 1.60. The molecule has 0 bridgehead atoms. The Hall–Kier alpha value is -2.73. The Morgan fingerprint density at radius 3 is 2.79 bits per heavy atom. The van der Waals surface area contributed by atoms with Crippen molar-refractivity contribution < 1.29 is 18.7 Å². The van der Waals surface area contributed by atoms with Gasteiger partial charge >= 0.3 is 5.63 Å². The number of benzene rings is 1. The summed E-state index contributed by atoms with van der Waals surface area (Å²) in [5, 5.41) is 11.0. The van der Waals surface area contributed by atoms with Crippen LogP contribution in [0.4, 0.5) is 0 Å². The molecule has 6 nitrogen and oxygen atoms in total. The van der Waals surface area contributed by atoms with Crippen LogP contribution in [0.1, 0.15) is 30.4 Å².